The maximum atomic E-state index is 11.5. The molecule has 12 nitrogen and oxygen atoms in total. The third-order valence-corrected chi connectivity index (χ3v) is 3.37. The van der Waals surface area contributed by atoms with Gasteiger partial charge in [-0.2, -0.15) is 0 Å². The van der Waals surface area contributed by atoms with Gasteiger partial charge >= 0.3 is 18.0 Å². The number of hydrogen-bond donors (Lipinski definition) is 7. The van der Waals surface area contributed by atoms with Crippen molar-refractivity contribution in [2.24, 2.45) is 22.2 Å². The number of amides is 1. The molecular formula is C19H38N6O6. The van der Waals surface area contributed by atoms with E-state index in [9.17, 15) is 14.4 Å². The minimum atomic E-state index is -1.07. The van der Waals surface area contributed by atoms with E-state index < -0.39 is 35.7 Å². The second-order valence-corrected chi connectivity index (χ2v) is 7.78. The first-order chi connectivity index (χ1) is 14.2. The lowest BCUT2D eigenvalue weighted by atomic mass is 10.1. The van der Waals surface area contributed by atoms with Gasteiger partial charge in [-0.3, -0.25) is 9.79 Å². The Kier molecular flexibility index (Phi) is 15.4. The number of hydrogen-bond acceptors (Lipinski definition) is 7. The standard InChI is InChI=1S/C13H24N2O4.C6H14N4O2/c1-9(2)14-8-6-7-10(11(16)17)15-12(18)19-13(3,4)5;7-4(5(11)12)2-1-3-10-6(8)9/h10,14H,1,6-8H2,2-5H3,(H,15,18)(H,16,17);4H,1-3,7H2,(H,11,12)(H4,8,9,10)/t10-;4-/m00/s1. The molecule has 0 aliphatic heterocycles. The van der Waals surface area contributed by atoms with Crippen LogP contribution < -0.4 is 27.8 Å². The zero-order valence-corrected chi connectivity index (χ0v) is 18.8. The van der Waals surface area contributed by atoms with Crippen molar-refractivity contribution in [2.75, 3.05) is 13.1 Å². The fourth-order valence-electron chi connectivity index (χ4n) is 1.96. The summed E-state index contributed by atoms with van der Waals surface area (Å²) in [6.07, 6.45) is 1.18. The molecule has 0 heterocycles. The normalized spacial score (nSPS) is 12.3. The maximum Gasteiger partial charge on any atom is 0.408 e. The molecule has 0 aromatic rings. The number of alkyl carbamates (subject to hydrolysis) is 1. The smallest absolute Gasteiger partial charge is 0.408 e. The number of guanidine groups is 1. The number of carbonyl (C=O) groups is 3. The fraction of sp³-hybridized carbons (Fsp3) is 0.684. The Morgan fingerprint density at radius 1 is 1.10 bits per heavy atom. The van der Waals surface area contributed by atoms with Gasteiger partial charge in [0.05, 0.1) is 0 Å². The van der Waals surface area contributed by atoms with Crippen molar-refractivity contribution in [1.82, 2.24) is 10.6 Å². The average Bonchev–Trinajstić information content (AvgIpc) is 2.59. The highest BCUT2D eigenvalue weighted by atomic mass is 16.6. The summed E-state index contributed by atoms with van der Waals surface area (Å²) < 4.78 is 5.02. The Morgan fingerprint density at radius 3 is 2.10 bits per heavy atom. The van der Waals surface area contributed by atoms with Crippen LogP contribution in [0.25, 0.3) is 0 Å². The van der Waals surface area contributed by atoms with Crippen molar-refractivity contribution in [3.8, 4) is 0 Å². The SMILES string of the molecule is C=C(C)NCCC[C@H](NC(=O)OC(C)(C)C)C(=O)O.NC(N)=NCCC[C@H](N)C(=O)O. The number of nitrogens with two attached hydrogens (primary N) is 3. The number of rotatable bonds is 12. The summed E-state index contributed by atoms with van der Waals surface area (Å²) in [4.78, 5) is 36.4. The molecule has 0 unspecified atom stereocenters. The predicted molar refractivity (Wildman–Crippen MR) is 118 cm³/mol. The highest BCUT2D eigenvalue weighted by Crippen LogP contribution is 2.07. The summed E-state index contributed by atoms with van der Waals surface area (Å²) in [5.74, 6) is -2.06. The molecular weight excluding hydrogens is 408 g/mol. The van der Waals surface area contributed by atoms with Crippen molar-refractivity contribution in [1.29, 1.82) is 0 Å². The van der Waals surface area contributed by atoms with Gasteiger partial charge in [0.1, 0.15) is 17.7 Å². The van der Waals surface area contributed by atoms with Gasteiger partial charge in [0.15, 0.2) is 5.96 Å². The molecule has 10 N–H and O–H groups in total. The Balaban J connectivity index is 0. The minimum absolute atomic E-state index is 0.0129. The third kappa shape index (κ3) is 21.5. The van der Waals surface area contributed by atoms with Crippen LogP contribution in [-0.4, -0.2) is 65.0 Å². The van der Waals surface area contributed by atoms with E-state index in [1.165, 1.54) is 0 Å². The van der Waals surface area contributed by atoms with Crippen molar-refractivity contribution in [3.05, 3.63) is 12.3 Å². The molecule has 0 fully saturated rings. The van der Waals surface area contributed by atoms with Crippen LogP contribution in [0.4, 0.5) is 4.79 Å². The molecule has 0 aliphatic carbocycles. The maximum absolute atomic E-state index is 11.5. The predicted octanol–water partition coefficient (Wildman–Crippen LogP) is 0.320. The summed E-state index contributed by atoms with van der Waals surface area (Å²) >= 11 is 0. The number of nitrogens with one attached hydrogen (secondary N) is 2. The Bertz CT molecular complexity index is 613. The van der Waals surface area contributed by atoms with E-state index >= 15 is 0 Å². The number of carboxylic acids is 2. The van der Waals surface area contributed by atoms with E-state index in [0.717, 1.165) is 5.70 Å². The summed E-state index contributed by atoms with van der Waals surface area (Å²) in [5, 5.41) is 22.8. The number of carbonyl (C=O) groups excluding carboxylic acids is 1. The zero-order chi connectivity index (χ0) is 24.6. The Labute approximate surface area is 183 Å². The van der Waals surface area contributed by atoms with Crippen molar-refractivity contribution in [3.63, 3.8) is 0 Å². The van der Waals surface area contributed by atoms with Gasteiger partial charge in [0.25, 0.3) is 0 Å². The van der Waals surface area contributed by atoms with Crippen LogP contribution in [0.3, 0.4) is 0 Å². The molecule has 0 saturated heterocycles. The molecule has 31 heavy (non-hydrogen) atoms. The van der Waals surface area contributed by atoms with Crippen LogP contribution in [0.1, 0.15) is 53.4 Å². The van der Waals surface area contributed by atoms with Gasteiger partial charge in [-0.15, -0.1) is 0 Å². The first-order valence-electron chi connectivity index (χ1n) is 9.81. The topological polar surface area (TPSA) is 215 Å². The summed E-state index contributed by atoms with van der Waals surface area (Å²) in [6, 6.07) is -1.76. The number of ether oxygens (including phenoxy) is 1. The summed E-state index contributed by atoms with van der Waals surface area (Å²) in [6.45, 7) is 11.7. The van der Waals surface area contributed by atoms with E-state index in [1.54, 1.807) is 20.8 Å². The zero-order valence-electron chi connectivity index (χ0n) is 18.8. The molecule has 0 spiro atoms. The molecule has 0 aromatic heterocycles. The number of nitrogens with zero attached hydrogens (tertiary/aromatic N) is 1. The number of carboxylic acid groups (broad SMARTS) is 2. The Hall–Kier alpha value is -3.02. The van der Waals surface area contributed by atoms with Gasteiger partial charge in [-0.25, -0.2) is 9.59 Å². The van der Waals surface area contributed by atoms with Gasteiger partial charge < -0.3 is 42.8 Å². The lowest BCUT2D eigenvalue weighted by molar-refractivity contribution is -0.140. The molecule has 1 amide bonds. The highest BCUT2D eigenvalue weighted by molar-refractivity contribution is 5.80. The summed E-state index contributed by atoms with van der Waals surface area (Å²) in [5.41, 5.74) is 15.5. The number of aliphatic imine (C=N–C) groups is 1. The van der Waals surface area contributed by atoms with Gasteiger partial charge in [0.2, 0.25) is 0 Å². The Morgan fingerprint density at radius 2 is 1.68 bits per heavy atom. The molecule has 0 saturated carbocycles. The minimum Gasteiger partial charge on any atom is -0.480 e. The molecule has 0 rings (SSSR count). The van der Waals surface area contributed by atoms with Crippen LogP contribution >= 0.6 is 0 Å². The van der Waals surface area contributed by atoms with Crippen LogP contribution in [0, 0.1) is 0 Å². The monoisotopic (exact) mass is 446 g/mol. The van der Waals surface area contributed by atoms with Crippen LogP contribution in [0.5, 0.6) is 0 Å². The lowest BCUT2D eigenvalue weighted by Crippen LogP contribution is -2.43. The van der Waals surface area contributed by atoms with E-state index in [-0.39, 0.29) is 5.96 Å². The van der Waals surface area contributed by atoms with Crippen molar-refractivity contribution < 1.29 is 29.3 Å². The van der Waals surface area contributed by atoms with Crippen LogP contribution in [0.2, 0.25) is 0 Å². The van der Waals surface area contributed by atoms with Crippen LogP contribution in [-0.2, 0) is 14.3 Å². The second-order valence-electron chi connectivity index (χ2n) is 7.78. The second kappa shape index (κ2) is 15.8. The molecule has 0 bridgehead atoms. The van der Waals surface area contributed by atoms with Crippen molar-refractivity contribution >= 4 is 24.0 Å². The molecule has 0 aromatic carbocycles. The van der Waals surface area contributed by atoms with Gasteiger partial charge in [-0.1, -0.05) is 6.58 Å². The molecule has 180 valence electrons. The van der Waals surface area contributed by atoms with E-state index in [2.05, 4.69) is 22.2 Å². The number of allylic oxidation sites excluding steroid dienone is 1. The van der Waals surface area contributed by atoms with Gasteiger partial charge in [0, 0.05) is 18.8 Å². The lowest BCUT2D eigenvalue weighted by Gasteiger charge is -2.22. The molecule has 12 heteroatoms. The average molecular weight is 447 g/mol. The highest BCUT2D eigenvalue weighted by Gasteiger charge is 2.23. The van der Waals surface area contributed by atoms with E-state index in [1.807, 2.05) is 6.92 Å². The first kappa shape index (κ1) is 30.2. The molecule has 2 atom stereocenters. The summed E-state index contributed by atoms with van der Waals surface area (Å²) in [7, 11) is 0. The third-order valence-electron chi connectivity index (χ3n) is 3.37. The van der Waals surface area contributed by atoms with Crippen LogP contribution in [0.15, 0.2) is 17.3 Å². The largest absolute Gasteiger partial charge is 0.480 e. The quantitative estimate of drug-likeness (QED) is 0.124. The first-order valence-corrected chi connectivity index (χ1v) is 9.81. The fourth-order valence-corrected chi connectivity index (χ4v) is 1.96. The van der Waals surface area contributed by atoms with E-state index in [4.69, 9.17) is 32.2 Å². The van der Waals surface area contributed by atoms with Crippen molar-refractivity contribution in [2.45, 2.75) is 71.1 Å². The van der Waals surface area contributed by atoms with E-state index in [0.29, 0.717) is 38.8 Å². The number of aliphatic carboxylic acids is 2. The molecule has 0 aliphatic rings. The molecule has 0 radical (unpaired) electrons. The van der Waals surface area contributed by atoms with Gasteiger partial charge in [-0.05, 0) is 53.4 Å².